The van der Waals surface area contributed by atoms with Gasteiger partial charge in [-0.05, 0) is 43.0 Å². The summed E-state index contributed by atoms with van der Waals surface area (Å²) < 4.78 is 11.3. The molecule has 0 radical (unpaired) electrons. The molecule has 1 aromatic heterocycles. The van der Waals surface area contributed by atoms with Crippen molar-refractivity contribution in [2.24, 2.45) is 0 Å². The second-order valence-corrected chi connectivity index (χ2v) is 5.74. The average Bonchev–Trinajstić information content (AvgIpc) is 3.04. The Labute approximate surface area is 126 Å². The molecule has 1 N–H and O–H groups in total. The molecule has 1 aromatic carbocycles. The Kier molecular flexibility index (Phi) is 4.73. The van der Waals surface area contributed by atoms with Crippen LogP contribution in [-0.4, -0.2) is 19.2 Å². The minimum absolute atomic E-state index is 0.181. The molecule has 0 saturated heterocycles. The van der Waals surface area contributed by atoms with Crippen LogP contribution >= 0.6 is 0 Å². The van der Waals surface area contributed by atoms with Crippen molar-refractivity contribution in [3.63, 3.8) is 0 Å². The molecule has 0 fully saturated rings. The Morgan fingerprint density at radius 1 is 1.24 bits per heavy atom. The van der Waals surface area contributed by atoms with Crippen molar-refractivity contribution in [3.8, 4) is 0 Å². The maximum absolute atomic E-state index is 5.92. The van der Waals surface area contributed by atoms with Gasteiger partial charge in [0.1, 0.15) is 5.76 Å². The summed E-state index contributed by atoms with van der Waals surface area (Å²) in [5.41, 5.74) is 2.77. The highest BCUT2D eigenvalue weighted by Gasteiger charge is 2.20. The molecular weight excluding hydrogens is 262 g/mol. The quantitative estimate of drug-likeness (QED) is 0.882. The van der Waals surface area contributed by atoms with Gasteiger partial charge in [0.05, 0.1) is 19.0 Å². The van der Waals surface area contributed by atoms with Gasteiger partial charge in [0.15, 0.2) is 0 Å². The van der Waals surface area contributed by atoms with E-state index in [-0.39, 0.29) is 6.10 Å². The van der Waals surface area contributed by atoms with Crippen molar-refractivity contribution in [1.29, 1.82) is 0 Å². The van der Waals surface area contributed by atoms with E-state index in [0.717, 1.165) is 38.2 Å². The molecule has 2 unspecified atom stereocenters. The molecule has 1 aliphatic rings. The lowest BCUT2D eigenvalue weighted by Gasteiger charge is -2.27. The Morgan fingerprint density at radius 3 is 3.00 bits per heavy atom. The zero-order valence-corrected chi connectivity index (χ0v) is 12.5. The highest BCUT2D eigenvalue weighted by molar-refractivity contribution is 5.31. The van der Waals surface area contributed by atoms with Crippen molar-refractivity contribution in [2.75, 3.05) is 13.2 Å². The van der Waals surface area contributed by atoms with Crippen molar-refractivity contribution in [3.05, 3.63) is 59.5 Å². The number of nitrogens with one attached hydrogen (secondary N) is 1. The van der Waals surface area contributed by atoms with E-state index in [2.05, 4.69) is 36.5 Å². The first-order valence-corrected chi connectivity index (χ1v) is 7.78. The summed E-state index contributed by atoms with van der Waals surface area (Å²) in [6.07, 6.45) is 4.99. The van der Waals surface area contributed by atoms with Gasteiger partial charge >= 0.3 is 0 Å². The molecule has 0 bridgehead atoms. The first kappa shape index (κ1) is 14.4. The standard InChI is InChI=1S/C18H23NO2/c1-14(8-9-16-6-4-11-20-16)19-13-18-17-7-3-2-5-15(17)10-12-21-18/h2-7,11,14,18-19H,8-10,12-13H2,1H3. The van der Waals surface area contributed by atoms with Crippen LogP contribution in [0.5, 0.6) is 0 Å². The molecule has 2 aromatic rings. The van der Waals surface area contributed by atoms with Gasteiger partial charge in [-0.1, -0.05) is 24.3 Å². The summed E-state index contributed by atoms with van der Waals surface area (Å²) in [4.78, 5) is 0. The number of aryl methyl sites for hydroxylation is 1. The SMILES string of the molecule is CC(CCc1ccco1)NCC1OCCc2ccccc21. The smallest absolute Gasteiger partial charge is 0.103 e. The van der Waals surface area contributed by atoms with Gasteiger partial charge in [0, 0.05) is 19.0 Å². The molecule has 3 nitrogen and oxygen atoms in total. The topological polar surface area (TPSA) is 34.4 Å². The fourth-order valence-electron chi connectivity index (χ4n) is 2.87. The molecule has 2 heterocycles. The van der Waals surface area contributed by atoms with Crippen LogP contribution in [0.25, 0.3) is 0 Å². The summed E-state index contributed by atoms with van der Waals surface area (Å²) in [7, 11) is 0. The predicted molar refractivity (Wildman–Crippen MR) is 83.3 cm³/mol. The highest BCUT2D eigenvalue weighted by Crippen LogP contribution is 2.26. The summed E-state index contributed by atoms with van der Waals surface area (Å²) in [6.45, 7) is 3.91. The second kappa shape index (κ2) is 6.92. The number of benzene rings is 1. The lowest BCUT2D eigenvalue weighted by atomic mass is 9.97. The molecule has 1 aliphatic heterocycles. The maximum atomic E-state index is 5.92. The van der Waals surface area contributed by atoms with E-state index in [4.69, 9.17) is 9.15 Å². The van der Waals surface area contributed by atoms with Crippen LogP contribution in [0.4, 0.5) is 0 Å². The summed E-state index contributed by atoms with van der Waals surface area (Å²) in [5, 5.41) is 3.59. The van der Waals surface area contributed by atoms with Crippen LogP contribution in [0.2, 0.25) is 0 Å². The summed E-state index contributed by atoms with van der Waals surface area (Å²) in [6, 6.07) is 13.0. The van der Waals surface area contributed by atoms with Crippen molar-refractivity contribution in [2.45, 2.75) is 38.3 Å². The normalized spacial score (nSPS) is 19.2. The Balaban J connectivity index is 1.49. The first-order chi connectivity index (χ1) is 10.3. The molecule has 0 amide bonds. The van der Waals surface area contributed by atoms with Gasteiger partial charge < -0.3 is 14.5 Å². The molecule has 0 aliphatic carbocycles. The van der Waals surface area contributed by atoms with E-state index in [9.17, 15) is 0 Å². The number of ether oxygens (including phenoxy) is 1. The molecule has 3 heteroatoms. The molecule has 0 spiro atoms. The average molecular weight is 285 g/mol. The van der Waals surface area contributed by atoms with Crippen molar-refractivity contribution in [1.82, 2.24) is 5.32 Å². The third-order valence-electron chi connectivity index (χ3n) is 4.15. The second-order valence-electron chi connectivity index (χ2n) is 5.74. The largest absolute Gasteiger partial charge is 0.469 e. The zero-order chi connectivity index (χ0) is 14.5. The third kappa shape index (κ3) is 3.74. The fourth-order valence-corrected chi connectivity index (χ4v) is 2.87. The maximum Gasteiger partial charge on any atom is 0.103 e. The number of hydrogen-bond acceptors (Lipinski definition) is 3. The van der Waals surface area contributed by atoms with Gasteiger partial charge in [-0.3, -0.25) is 0 Å². The number of fused-ring (bicyclic) bond motifs is 1. The minimum Gasteiger partial charge on any atom is -0.469 e. The van der Waals surface area contributed by atoms with E-state index in [1.165, 1.54) is 11.1 Å². The van der Waals surface area contributed by atoms with Gasteiger partial charge in [0.25, 0.3) is 0 Å². The van der Waals surface area contributed by atoms with Crippen LogP contribution in [0.15, 0.2) is 47.1 Å². The van der Waals surface area contributed by atoms with Crippen molar-refractivity contribution >= 4 is 0 Å². The van der Waals surface area contributed by atoms with Crippen molar-refractivity contribution < 1.29 is 9.15 Å². The zero-order valence-electron chi connectivity index (χ0n) is 12.5. The van der Waals surface area contributed by atoms with Gasteiger partial charge in [-0.25, -0.2) is 0 Å². The first-order valence-electron chi connectivity index (χ1n) is 7.78. The lowest BCUT2D eigenvalue weighted by molar-refractivity contribution is 0.0408. The van der Waals surface area contributed by atoms with E-state index in [1.54, 1.807) is 6.26 Å². The van der Waals surface area contributed by atoms with Crippen LogP contribution in [0, 0.1) is 0 Å². The van der Waals surface area contributed by atoms with Crippen LogP contribution in [0.3, 0.4) is 0 Å². The van der Waals surface area contributed by atoms with E-state index < -0.39 is 0 Å². The third-order valence-corrected chi connectivity index (χ3v) is 4.15. The fraction of sp³-hybridized carbons (Fsp3) is 0.444. The Hall–Kier alpha value is -1.58. The molecule has 112 valence electrons. The monoisotopic (exact) mass is 285 g/mol. The van der Waals surface area contributed by atoms with E-state index in [1.807, 2.05) is 12.1 Å². The van der Waals surface area contributed by atoms with Crippen LogP contribution < -0.4 is 5.32 Å². The predicted octanol–water partition coefficient (Wildman–Crippen LogP) is 3.50. The van der Waals surface area contributed by atoms with Gasteiger partial charge in [0.2, 0.25) is 0 Å². The van der Waals surface area contributed by atoms with Crippen LogP contribution in [0.1, 0.15) is 36.3 Å². The number of furan rings is 1. The van der Waals surface area contributed by atoms with Crippen LogP contribution in [-0.2, 0) is 17.6 Å². The lowest BCUT2D eigenvalue weighted by Crippen LogP contribution is -2.33. The molecule has 2 atom stereocenters. The molecule has 3 rings (SSSR count). The molecular formula is C18H23NO2. The highest BCUT2D eigenvalue weighted by atomic mass is 16.5. The Morgan fingerprint density at radius 2 is 2.14 bits per heavy atom. The minimum atomic E-state index is 0.181. The van der Waals surface area contributed by atoms with Gasteiger partial charge in [-0.15, -0.1) is 0 Å². The molecule has 21 heavy (non-hydrogen) atoms. The van der Waals surface area contributed by atoms with E-state index in [0.29, 0.717) is 6.04 Å². The molecule has 0 saturated carbocycles. The summed E-state index contributed by atoms with van der Waals surface area (Å²) >= 11 is 0. The number of rotatable bonds is 6. The van der Waals surface area contributed by atoms with Gasteiger partial charge in [-0.2, -0.15) is 0 Å². The van der Waals surface area contributed by atoms with E-state index >= 15 is 0 Å². The number of hydrogen-bond donors (Lipinski definition) is 1. The Bertz CT molecular complexity index is 550. The summed E-state index contributed by atoms with van der Waals surface area (Å²) in [5.74, 6) is 1.06.